The Kier molecular flexibility index (Phi) is 6.96. The molecule has 0 aliphatic carbocycles. The molecule has 1 aliphatic heterocycles. The quantitative estimate of drug-likeness (QED) is 0.319. The van der Waals surface area contributed by atoms with Gasteiger partial charge in [0.1, 0.15) is 0 Å². The first-order chi connectivity index (χ1) is 7.93. The number of halogens is 1. The summed E-state index contributed by atoms with van der Waals surface area (Å²) in [5, 5.41) is 2.47. The highest BCUT2D eigenvalue weighted by Gasteiger charge is 2.27. The van der Waals surface area contributed by atoms with Gasteiger partial charge in [0.15, 0.2) is 5.96 Å². The first kappa shape index (κ1) is 16.9. The number of nitrogens with one attached hydrogen (secondary N) is 1. The van der Waals surface area contributed by atoms with E-state index in [-0.39, 0.29) is 42.5 Å². The molecular formula is C10H20IN5O2. The van der Waals surface area contributed by atoms with Crippen LogP contribution >= 0.6 is 24.0 Å². The Morgan fingerprint density at radius 3 is 2.22 bits per heavy atom. The molecule has 0 unspecified atom stereocenters. The van der Waals surface area contributed by atoms with Crippen LogP contribution in [-0.4, -0.2) is 80.4 Å². The lowest BCUT2D eigenvalue weighted by atomic mass is 10.5. The molecule has 0 radical (unpaired) electrons. The fourth-order valence-electron chi connectivity index (χ4n) is 1.61. The van der Waals surface area contributed by atoms with Crippen molar-refractivity contribution in [3.8, 4) is 0 Å². The van der Waals surface area contributed by atoms with E-state index in [1.807, 2.05) is 38.0 Å². The molecule has 0 atom stereocenters. The molecule has 18 heavy (non-hydrogen) atoms. The summed E-state index contributed by atoms with van der Waals surface area (Å²) in [6.07, 6.45) is 0. The highest BCUT2D eigenvalue weighted by Crippen LogP contribution is 1.98. The van der Waals surface area contributed by atoms with Gasteiger partial charge in [-0.25, -0.2) is 4.79 Å². The molecule has 1 N–H and O–H groups in total. The zero-order valence-corrected chi connectivity index (χ0v) is 13.5. The zero-order valence-electron chi connectivity index (χ0n) is 11.1. The Morgan fingerprint density at radius 1 is 1.28 bits per heavy atom. The molecule has 1 fully saturated rings. The summed E-state index contributed by atoms with van der Waals surface area (Å²) >= 11 is 0. The first-order valence-corrected chi connectivity index (χ1v) is 5.40. The molecule has 1 saturated heterocycles. The summed E-state index contributed by atoms with van der Waals surface area (Å²) in [5.41, 5.74) is 0. The van der Waals surface area contributed by atoms with E-state index in [4.69, 9.17) is 0 Å². The van der Waals surface area contributed by atoms with Gasteiger partial charge >= 0.3 is 6.03 Å². The number of nitrogens with zero attached hydrogens (tertiary/aromatic N) is 4. The molecule has 3 amide bonds. The largest absolute Gasteiger partial charge is 0.349 e. The molecule has 1 aliphatic rings. The van der Waals surface area contributed by atoms with Crippen LogP contribution < -0.4 is 5.32 Å². The van der Waals surface area contributed by atoms with Crippen molar-refractivity contribution in [2.45, 2.75) is 0 Å². The maximum absolute atomic E-state index is 11.3. The van der Waals surface area contributed by atoms with E-state index in [2.05, 4.69) is 10.3 Å². The summed E-state index contributed by atoms with van der Waals surface area (Å²) in [6.45, 7) is 0.817. The van der Waals surface area contributed by atoms with Crippen molar-refractivity contribution in [2.75, 3.05) is 47.8 Å². The van der Waals surface area contributed by atoms with Crippen molar-refractivity contribution in [1.82, 2.24) is 20.0 Å². The van der Waals surface area contributed by atoms with Gasteiger partial charge in [-0.3, -0.25) is 14.7 Å². The number of rotatable bonds is 3. The minimum Gasteiger partial charge on any atom is -0.349 e. The Labute approximate surface area is 124 Å². The van der Waals surface area contributed by atoms with Crippen molar-refractivity contribution < 1.29 is 9.59 Å². The number of hydrogen-bond acceptors (Lipinski definition) is 3. The van der Waals surface area contributed by atoms with Gasteiger partial charge in [0.05, 0.1) is 19.6 Å². The van der Waals surface area contributed by atoms with Gasteiger partial charge in [-0.05, 0) is 0 Å². The van der Waals surface area contributed by atoms with Gasteiger partial charge in [0.25, 0.3) is 0 Å². The van der Waals surface area contributed by atoms with Crippen LogP contribution in [0, 0.1) is 0 Å². The fraction of sp³-hybridized carbons (Fsp3) is 0.700. The number of aliphatic imine (C=N–C) groups is 1. The third-order valence-corrected chi connectivity index (χ3v) is 2.31. The predicted molar refractivity (Wildman–Crippen MR) is 80.2 cm³/mol. The third kappa shape index (κ3) is 4.31. The predicted octanol–water partition coefficient (Wildman–Crippen LogP) is -0.365. The van der Waals surface area contributed by atoms with Crippen LogP contribution in [0.5, 0.6) is 0 Å². The van der Waals surface area contributed by atoms with Crippen molar-refractivity contribution >= 4 is 41.9 Å². The Morgan fingerprint density at radius 2 is 1.83 bits per heavy atom. The second-order valence-corrected chi connectivity index (χ2v) is 4.17. The summed E-state index contributed by atoms with van der Waals surface area (Å²) in [4.78, 5) is 31.9. The van der Waals surface area contributed by atoms with Crippen LogP contribution in [0.1, 0.15) is 0 Å². The SMILES string of the molecule is CN(C)C(=NCCN1C(=O)CNC1=O)N(C)C.I. The number of carbonyl (C=O) groups is 2. The van der Waals surface area contributed by atoms with Crippen LogP contribution in [0.4, 0.5) is 4.79 Å². The summed E-state index contributed by atoms with van der Waals surface area (Å²) in [7, 11) is 7.58. The Bertz CT molecular complexity index is 317. The third-order valence-electron chi connectivity index (χ3n) is 2.31. The monoisotopic (exact) mass is 369 g/mol. The molecule has 0 aromatic carbocycles. The lowest BCUT2D eigenvalue weighted by molar-refractivity contribution is -0.124. The van der Waals surface area contributed by atoms with Gasteiger partial charge in [0, 0.05) is 28.2 Å². The summed E-state index contributed by atoms with van der Waals surface area (Å²) in [5.74, 6) is 0.610. The van der Waals surface area contributed by atoms with Crippen molar-refractivity contribution in [3.63, 3.8) is 0 Å². The van der Waals surface area contributed by atoms with Crippen LogP contribution in [0.15, 0.2) is 4.99 Å². The van der Waals surface area contributed by atoms with Gasteiger partial charge in [0.2, 0.25) is 5.91 Å². The minimum absolute atomic E-state index is 0. The zero-order chi connectivity index (χ0) is 13.0. The molecule has 104 valence electrons. The maximum atomic E-state index is 11.3. The minimum atomic E-state index is -0.332. The van der Waals surface area contributed by atoms with E-state index in [0.29, 0.717) is 13.1 Å². The first-order valence-electron chi connectivity index (χ1n) is 5.40. The molecule has 8 heteroatoms. The lowest BCUT2D eigenvalue weighted by Gasteiger charge is -2.23. The number of imide groups is 1. The fourth-order valence-corrected chi connectivity index (χ4v) is 1.61. The molecule has 0 bridgehead atoms. The second-order valence-electron chi connectivity index (χ2n) is 4.17. The molecule has 0 aromatic rings. The van der Waals surface area contributed by atoms with Crippen molar-refractivity contribution in [2.24, 2.45) is 4.99 Å². The van der Waals surface area contributed by atoms with Gasteiger partial charge < -0.3 is 15.1 Å². The Hall–Kier alpha value is -1.06. The van der Waals surface area contributed by atoms with E-state index >= 15 is 0 Å². The van der Waals surface area contributed by atoms with Crippen LogP contribution in [-0.2, 0) is 4.79 Å². The Balaban J connectivity index is 0.00000289. The van der Waals surface area contributed by atoms with Crippen LogP contribution in [0.25, 0.3) is 0 Å². The highest BCUT2D eigenvalue weighted by atomic mass is 127. The molecule has 7 nitrogen and oxygen atoms in total. The summed E-state index contributed by atoms with van der Waals surface area (Å²) in [6, 6.07) is -0.332. The number of carbonyl (C=O) groups excluding carboxylic acids is 2. The topological polar surface area (TPSA) is 68.2 Å². The summed E-state index contributed by atoms with van der Waals surface area (Å²) < 4.78 is 0. The second kappa shape index (κ2) is 7.39. The number of amides is 3. The molecular weight excluding hydrogens is 349 g/mol. The molecule has 0 aromatic heterocycles. The van der Waals surface area contributed by atoms with Crippen molar-refractivity contribution in [1.29, 1.82) is 0 Å². The van der Waals surface area contributed by atoms with E-state index < -0.39 is 0 Å². The van der Waals surface area contributed by atoms with Gasteiger partial charge in [-0.2, -0.15) is 0 Å². The van der Waals surface area contributed by atoms with E-state index in [9.17, 15) is 9.59 Å². The molecule has 0 spiro atoms. The average molecular weight is 369 g/mol. The molecule has 0 saturated carbocycles. The maximum Gasteiger partial charge on any atom is 0.324 e. The van der Waals surface area contributed by atoms with E-state index in [1.54, 1.807) is 0 Å². The number of urea groups is 1. The lowest BCUT2D eigenvalue weighted by Crippen LogP contribution is -2.37. The molecule has 1 heterocycles. The smallest absolute Gasteiger partial charge is 0.324 e. The van der Waals surface area contributed by atoms with Crippen LogP contribution in [0.2, 0.25) is 0 Å². The average Bonchev–Trinajstić information content (AvgIpc) is 2.53. The van der Waals surface area contributed by atoms with E-state index in [1.165, 1.54) is 4.90 Å². The standard InChI is InChI=1S/C10H19N5O2.HI/c1-13(2)9(14(3)4)11-5-6-15-8(16)7-12-10(15)17;/h5-7H2,1-4H3,(H,12,17);1H. The van der Waals surface area contributed by atoms with Gasteiger partial charge in [-0.1, -0.05) is 0 Å². The molecule has 1 rings (SSSR count). The van der Waals surface area contributed by atoms with Crippen molar-refractivity contribution in [3.05, 3.63) is 0 Å². The van der Waals surface area contributed by atoms with Crippen LogP contribution in [0.3, 0.4) is 0 Å². The van der Waals surface area contributed by atoms with E-state index in [0.717, 1.165) is 5.96 Å². The number of guanidine groups is 1. The van der Waals surface area contributed by atoms with Gasteiger partial charge in [-0.15, -0.1) is 24.0 Å². The normalized spacial score (nSPS) is 13.9. The highest BCUT2D eigenvalue weighted by molar-refractivity contribution is 14.0. The number of hydrogen-bond donors (Lipinski definition) is 1.